The van der Waals surface area contributed by atoms with Crippen LogP contribution in [-0.4, -0.2) is 63.7 Å². The molecule has 0 aliphatic rings. The van der Waals surface area contributed by atoms with Gasteiger partial charge in [-0.15, -0.1) is 10.2 Å². The molecule has 14 nitrogen and oxygen atoms in total. The predicted octanol–water partition coefficient (Wildman–Crippen LogP) is 4.43. The van der Waals surface area contributed by atoms with Crippen LogP contribution in [0.25, 0.3) is 11.4 Å². The fraction of sp³-hybridized carbons (Fsp3) is 0.0909. The second-order valence-corrected chi connectivity index (χ2v) is 12.1. The van der Waals surface area contributed by atoms with Gasteiger partial charge in [-0.25, -0.2) is 0 Å². The van der Waals surface area contributed by atoms with E-state index in [0.717, 1.165) is 22.5 Å². The van der Waals surface area contributed by atoms with E-state index in [-0.39, 0.29) is 23.3 Å². The summed E-state index contributed by atoms with van der Waals surface area (Å²) in [5, 5.41) is 49.5. The number of hydrogen-bond acceptors (Lipinski definition) is 12. The maximum atomic E-state index is 12.8. The first kappa shape index (κ1) is 32.6. The van der Waals surface area contributed by atoms with Gasteiger partial charge in [0, 0.05) is 0 Å². The lowest BCUT2D eigenvalue weighted by Gasteiger charge is -2.11. The van der Waals surface area contributed by atoms with E-state index in [1.807, 2.05) is 72.8 Å². The molecule has 49 heavy (non-hydrogen) atoms. The molecule has 0 atom stereocenters. The van der Waals surface area contributed by atoms with Crippen molar-refractivity contribution in [2.45, 2.75) is 16.7 Å². The van der Waals surface area contributed by atoms with E-state index in [0.29, 0.717) is 39.2 Å². The number of nitriles is 2. The zero-order valence-electron chi connectivity index (χ0n) is 25.5. The molecule has 2 N–H and O–H groups in total. The Bertz CT molecular complexity index is 2040. The number of amides is 2. The third-order valence-electron chi connectivity index (χ3n) is 6.91. The van der Waals surface area contributed by atoms with Gasteiger partial charge in [0.25, 0.3) is 0 Å². The number of thioether (sulfide) groups is 2. The molecular formula is C33H24N12O2S2. The van der Waals surface area contributed by atoms with Crippen LogP contribution in [0.15, 0.2) is 107 Å². The summed E-state index contributed by atoms with van der Waals surface area (Å²) >= 11 is 2.35. The van der Waals surface area contributed by atoms with Crippen molar-refractivity contribution >= 4 is 46.7 Å². The Morgan fingerprint density at radius 2 is 1.06 bits per heavy atom. The van der Waals surface area contributed by atoms with E-state index >= 15 is 0 Å². The molecule has 6 rings (SSSR count). The smallest absolute Gasteiger partial charge is 0.234 e. The van der Waals surface area contributed by atoms with Crippen molar-refractivity contribution < 1.29 is 9.59 Å². The molecular weight excluding hydrogens is 661 g/mol. The van der Waals surface area contributed by atoms with Gasteiger partial charge in [-0.3, -0.25) is 9.59 Å². The van der Waals surface area contributed by atoms with E-state index in [4.69, 9.17) is 0 Å². The number of para-hydroxylation sites is 2. The fourth-order valence-electron chi connectivity index (χ4n) is 4.67. The monoisotopic (exact) mass is 684 g/mol. The van der Waals surface area contributed by atoms with Crippen molar-refractivity contribution in [3.05, 3.63) is 119 Å². The second-order valence-electron chi connectivity index (χ2n) is 10.3. The van der Waals surface area contributed by atoms with Gasteiger partial charge < -0.3 is 10.6 Å². The first-order valence-corrected chi connectivity index (χ1v) is 16.6. The van der Waals surface area contributed by atoms with E-state index in [1.54, 1.807) is 33.6 Å². The molecule has 0 saturated heterocycles. The maximum Gasteiger partial charge on any atom is 0.234 e. The number of hydrogen-bond donors (Lipinski definition) is 2. The van der Waals surface area contributed by atoms with Gasteiger partial charge in [0.05, 0.1) is 45.4 Å². The molecule has 2 heterocycles. The summed E-state index contributed by atoms with van der Waals surface area (Å²) in [6.45, 7) is 0. The minimum Gasteiger partial charge on any atom is -0.324 e. The van der Waals surface area contributed by atoms with Crippen LogP contribution in [-0.2, 0) is 16.0 Å². The Hall–Kier alpha value is -6.36. The predicted molar refractivity (Wildman–Crippen MR) is 182 cm³/mol. The summed E-state index contributed by atoms with van der Waals surface area (Å²) in [4.78, 5) is 25.5. The molecule has 4 aromatic carbocycles. The van der Waals surface area contributed by atoms with Crippen molar-refractivity contribution in [1.82, 2.24) is 40.4 Å². The second kappa shape index (κ2) is 15.5. The molecule has 0 bridgehead atoms. The summed E-state index contributed by atoms with van der Waals surface area (Å²) in [6.07, 6.45) is 0.418. The van der Waals surface area contributed by atoms with E-state index in [2.05, 4.69) is 53.8 Å². The summed E-state index contributed by atoms with van der Waals surface area (Å²) in [5.41, 5.74) is 4.51. The first-order valence-electron chi connectivity index (χ1n) is 14.6. The minimum atomic E-state index is -0.318. The molecule has 2 amide bonds. The van der Waals surface area contributed by atoms with Crippen LogP contribution >= 0.6 is 23.5 Å². The first-order chi connectivity index (χ1) is 24.0. The summed E-state index contributed by atoms with van der Waals surface area (Å²) in [6, 6.07) is 33.3. The van der Waals surface area contributed by atoms with Crippen LogP contribution in [0.4, 0.5) is 11.4 Å². The van der Waals surface area contributed by atoms with Crippen LogP contribution in [0.2, 0.25) is 0 Å². The highest BCUT2D eigenvalue weighted by Gasteiger charge is 2.15. The minimum absolute atomic E-state index is 0.0326. The largest absolute Gasteiger partial charge is 0.324 e. The lowest BCUT2D eigenvalue weighted by atomic mass is 10.00. The van der Waals surface area contributed by atoms with Crippen LogP contribution in [0.5, 0.6) is 0 Å². The van der Waals surface area contributed by atoms with Crippen molar-refractivity contribution in [3.8, 4) is 23.5 Å². The van der Waals surface area contributed by atoms with Crippen molar-refractivity contribution in [3.63, 3.8) is 0 Å². The van der Waals surface area contributed by atoms with Gasteiger partial charge in [-0.2, -0.15) is 19.9 Å². The van der Waals surface area contributed by atoms with Gasteiger partial charge in [0.15, 0.2) is 0 Å². The highest BCUT2D eigenvalue weighted by atomic mass is 32.2. The van der Waals surface area contributed by atoms with Crippen LogP contribution in [0, 0.1) is 22.7 Å². The van der Waals surface area contributed by atoms with Gasteiger partial charge in [0.1, 0.15) is 12.1 Å². The molecule has 0 unspecified atom stereocenters. The molecule has 2 aromatic heterocycles. The van der Waals surface area contributed by atoms with Gasteiger partial charge in [0.2, 0.25) is 22.1 Å². The van der Waals surface area contributed by atoms with Gasteiger partial charge in [-0.05, 0) is 86.9 Å². The Labute approximate surface area is 288 Å². The summed E-state index contributed by atoms with van der Waals surface area (Å²) in [5.74, 6) is -0.571. The van der Waals surface area contributed by atoms with Crippen LogP contribution in [0.1, 0.15) is 22.3 Å². The number of nitrogens with one attached hydrogen (secondary N) is 2. The van der Waals surface area contributed by atoms with E-state index in [1.165, 1.54) is 23.5 Å². The molecule has 0 radical (unpaired) electrons. The highest BCUT2D eigenvalue weighted by molar-refractivity contribution is 8.00. The van der Waals surface area contributed by atoms with Crippen LogP contribution < -0.4 is 10.6 Å². The number of tetrazole rings is 2. The van der Waals surface area contributed by atoms with Crippen molar-refractivity contribution in [1.29, 1.82) is 10.5 Å². The number of benzene rings is 4. The summed E-state index contributed by atoms with van der Waals surface area (Å²) < 4.78 is 3.09. The number of aromatic nitrogens is 8. The van der Waals surface area contributed by atoms with E-state index in [9.17, 15) is 20.1 Å². The molecule has 6 aromatic rings. The van der Waals surface area contributed by atoms with Crippen molar-refractivity contribution in [2.24, 2.45) is 0 Å². The molecule has 0 saturated carbocycles. The third-order valence-corrected chi connectivity index (χ3v) is 8.75. The Kier molecular flexibility index (Phi) is 10.3. The zero-order valence-corrected chi connectivity index (χ0v) is 27.1. The molecule has 0 fully saturated rings. The lowest BCUT2D eigenvalue weighted by Crippen LogP contribution is -2.16. The Morgan fingerprint density at radius 1 is 0.633 bits per heavy atom. The third kappa shape index (κ3) is 8.14. The number of carbonyl (C=O) groups is 2. The molecule has 16 heteroatoms. The topological polar surface area (TPSA) is 193 Å². The molecule has 0 spiro atoms. The van der Waals surface area contributed by atoms with Gasteiger partial charge in [-0.1, -0.05) is 72.1 Å². The highest BCUT2D eigenvalue weighted by Crippen LogP contribution is 2.24. The summed E-state index contributed by atoms with van der Waals surface area (Å²) in [7, 11) is 0. The molecule has 240 valence electrons. The lowest BCUT2D eigenvalue weighted by molar-refractivity contribution is -0.114. The molecule has 0 aliphatic heterocycles. The molecule has 0 aliphatic carbocycles. The average molecular weight is 685 g/mol. The number of rotatable bonds is 12. The quantitative estimate of drug-likeness (QED) is 0.173. The number of carbonyl (C=O) groups excluding carboxylic acids is 2. The number of nitrogens with zero attached hydrogens (tertiary/aromatic N) is 10. The normalized spacial score (nSPS) is 10.6. The number of anilines is 2. The Balaban J connectivity index is 1.04. The van der Waals surface area contributed by atoms with E-state index < -0.39 is 0 Å². The van der Waals surface area contributed by atoms with Gasteiger partial charge >= 0.3 is 0 Å². The zero-order chi connectivity index (χ0) is 34.0. The average Bonchev–Trinajstić information content (AvgIpc) is 3.82. The maximum absolute atomic E-state index is 12.8. The standard InChI is InChI=1S/C33H24N12O2S2/c34-18-24-16-22(11-13-28(24)36-30(46)20-48-32-38-40-42-44(32)26-7-3-1-4-8-26)15-23-12-14-29(25(17-23)19-35)37-31(47)21-49-33-39-41-43-45(33)27-9-5-2-6-10-27/h1-14,16-17H,15,20-21H2,(H,36,46)(H,37,47). The fourth-order valence-corrected chi connectivity index (χ4v) is 6.06. The van der Waals surface area contributed by atoms with Crippen LogP contribution in [0.3, 0.4) is 0 Å². The van der Waals surface area contributed by atoms with Crippen molar-refractivity contribution in [2.75, 3.05) is 22.1 Å². The Morgan fingerprint density at radius 3 is 1.47 bits per heavy atom. The SMILES string of the molecule is N#Cc1cc(Cc2ccc(NC(=O)CSc3nnnn3-c3ccccc3)c(C#N)c2)ccc1NC(=O)CSc1nnnn1-c1ccccc1.